The molecule has 0 aliphatic heterocycles. The van der Waals surface area contributed by atoms with Crippen molar-refractivity contribution in [2.75, 3.05) is 11.9 Å². The van der Waals surface area contributed by atoms with Crippen molar-refractivity contribution in [3.8, 4) is 0 Å². The van der Waals surface area contributed by atoms with Crippen molar-refractivity contribution in [2.24, 2.45) is 7.05 Å². The van der Waals surface area contributed by atoms with Gasteiger partial charge in [-0.15, -0.1) is 0 Å². The van der Waals surface area contributed by atoms with Crippen molar-refractivity contribution >= 4 is 33.3 Å². The van der Waals surface area contributed by atoms with E-state index in [4.69, 9.17) is 11.6 Å². The highest BCUT2D eigenvalue weighted by Crippen LogP contribution is 2.25. The van der Waals surface area contributed by atoms with Crippen LogP contribution in [-0.2, 0) is 13.5 Å². The quantitative estimate of drug-likeness (QED) is 0.869. The van der Waals surface area contributed by atoms with Crippen LogP contribution in [0.3, 0.4) is 0 Å². The van der Waals surface area contributed by atoms with Crippen LogP contribution in [-0.4, -0.2) is 31.3 Å². The third-order valence-corrected chi connectivity index (χ3v) is 3.30. The molecule has 1 N–H and O–H groups in total. The van der Waals surface area contributed by atoms with Gasteiger partial charge in [0.25, 0.3) is 0 Å². The molecule has 0 spiro atoms. The summed E-state index contributed by atoms with van der Waals surface area (Å²) in [6.07, 6.45) is 3.80. The zero-order valence-corrected chi connectivity index (χ0v) is 11.4. The zero-order valence-electron chi connectivity index (χ0n) is 9.06. The topological polar surface area (TPSA) is 68.5 Å². The molecule has 6 nitrogen and oxygen atoms in total. The van der Waals surface area contributed by atoms with E-state index >= 15 is 0 Å². The van der Waals surface area contributed by atoms with E-state index in [2.05, 4.69) is 41.3 Å². The summed E-state index contributed by atoms with van der Waals surface area (Å²) >= 11 is 9.16. The first kappa shape index (κ1) is 12.3. The molecule has 0 amide bonds. The van der Waals surface area contributed by atoms with Crippen LogP contribution in [0.25, 0.3) is 0 Å². The number of rotatable bonds is 4. The average Bonchev–Trinajstić information content (AvgIpc) is 2.70. The van der Waals surface area contributed by atoms with E-state index in [1.54, 1.807) is 11.0 Å². The van der Waals surface area contributed by atoms with Crippen LogP contribution in [0.4, 0.5) is 5.82 Å². The molecule has 0 aromatic carbocycles. The molecule has 17 heavy (non-hydrogen) atoms. The first-order valence-electron chi connectivity index (χ1n) is 4.91. The summed E-state index contributed by atoms with van der Waals surface area (Å²) in [7, 11) is 1.84. The highest BCUT2D eigenvalue weighted by atomic mass is 79.9. The Kier molecular flexibility index (Phi) is 3.90. The Labute approximate surface area is 112 Å². The number of hydrogen-bond acceptors (Lipinski definition) is 5. The highest BCUT2D eigenvalue weighted by molar-refractivity contribution is 9.10. The lowest BCUT2D eigenvalue weighted by molar-refractivity contribution is 0.741. The first-order chi connectivity index (χ1) is 8.16. The molecule has 8 heteroatoms. The van der Waals surface area contributed by atoms with Gasteiger partial charge in [0.2, 0.25) is 0 Å². The van der Waals surface area contributed by atoms with Gasteiger partial charge in [0.15, 0.2) is 5.82 Å². The Hall–Kier alpha value is -1.21. The monoisotopic (exact) mass is 316 g/mol. The van der Waals surface area contributed by atoms with Gasteiger partial charge in [-0.3, -0.25) is 4.68 Å². The van der Waals surface area contributed by atoms with Crippen LogP contribution in [0.1, 0.15) is 5.82 Å². The van der Waals surface area contributed by atoms with Crippen LogP contribution in [0.15, 0.2) is 17.1 Å². The standard InChI is InChI=1S/C9H10BrClN6/c1-17-5-15-6(16-17)2-3-12-9-7(10)8(11)13-4-14-9/h4-5H,2-3H2,1H3,(H,12,13,14). The van der Waals surface area contributed by atoms with Crippen LogP contribution in [0.2, 0.25) is 5.15 Å². The minimum Gasteiger partial charge on any atom is -0.369 e. The Morgan fingerprint density at radius 3 is 2.94 bits per heavy atom. The van der Waals surface area contributed by atoms with E-state index in [-0.39, 0.29) is 0 Å². The SMILES string of the molecule is Cn1cnc(CCNc2ncnc(Cl)c2Br)n1. The molecule has 0 bridgehead atoms. The lowest BCUT2D eigenvalue weighted by Gasteiger charge is -2.06. The molecule has 2 aromatic rings. The molecule has 2 rings (SSSR count). The molecule has 90 valence electrons. The van der Waals surface area contributed by atoms with Crippen LogP contribution in [0, 0.1) is 0 Å². The van der Waals surface area contributed by atoms with Gasteiger partial charge in [0.05, 0.1) is 4.47 Å². The highest BCUT2D eigenvalue weighted by Gasteiger charge is 2.06. The third-order valence-electron chi connectivity index (χ3n) is 2.04. The number of nitrogens with one attached hydrogen (secondary N) is 1. The lowest BCUT2D eigenvalue weighted by atomic mass is 10.4. The smallest absolute Gasteiger partial charge is 0.152 e. The van der Waals surface area contributed by atoms with Crippen molar-refractivity contribution in [3.05, 3.63) is 28.1 Å². The third kappa shape index (κ3) is 3.13. The predicted molar refractivity (Wildman–Crippen MR) is 67.9 cm³/mol. The predicted octanol–water partition coefficient (Wildman–Crippen LogP) is 1.68. The van der Waals surface area contributed by atoms with E-state index in [1.807, 2.05) is 7.05 Å². The van der Waals surface area contributed by atoms with Gasteiger partial charge in [-0.05, 0) is 15.9 Å². The van der Waals surface area contributed by atoms with Gasteiger partial charge in [-0.2, -0.15) is 5.10 Å². The number of anilines is 1. The molecular formula is C9H10BrClN6. The van der Waals surface area contributed by atoms with Gasteiger partial charge in [0, 0.05) is 20.0 Å². The molecule has 2 aromatic heterocycles. The van der Waals surface area contributed by atoms with E-state index < -0.39 is 0 Å². The summed E-state index contributed by atoms with van der Waals surface area (Å²) < 4.78 is 2.34. The molecule has 0 saturated carbocycles. The van der Waals surface area contributed by atoms with Crippen molar-refractivity contribution in [2.45, 2.75) is 6.42 Å². The fraction of sp³-hybridized carbons (Fsp3) is 0.333. The number of halogens is 2. The van der Waals surface area contributed by atoms with Crippen LogP contribution < -0.4 is 5.32 Å². The van der Waals surface area contributed by atoms with E-state index in [0.29, 0.717) is 22.0 Å². The second-order valence-corrected chi connectivity index (χ2v) is 4.49. The Bertz CT molecular complexity index is 514. The molecular weight excluding hydrogens is 307 g/mol. The summed E-state index contributed by atoms with van der Waals surface area (Å²) in [5.41, 5.74) is 0. The van der Waals surface area contributed by atoms with Crippen LogP contribution in [0.5, 0.6) is 0 Å². The second-order valence-electron chi connectivity index (χ2n) is 3.34. The first-order valence-corrected chi connectivity index (χ1v) is 6.08. The molecule has 2 heterocycles. The Morgan fingerprint density at radius 1 is 1.41 bits per heavy atom. The maximum atomic E-state index is 5.85. The summed E-state index contributed by atoms with van der Waals surface area (Å²) in [5, 5.41) is 7.70. The minimum atomic E-state index is 0.387. The number of hydrogen-bond donors (Lipinski definition) is 1. The van der Waals surface area contributed by atoms with Crippen molar-refractivity contribution in [1.29, 1.82) is 0 Å². The summed E-state index contributed by atoms with van der Waals surface area (Å²) in [6.45, 7) is 0.677. The average molecular weight is 318 g/mol. The van der Waals surface area contributed by atoms with E-state index in [0.717, 1.165) is 12.2 Å². The number of aromatic nitrogens is 5. The van der Waals surface area contributed by atoms with E-state index in [9.17, 15) is 0 Å². The van der Waals surface area contributed by atoms with Gasteiger partial charge < -0.3 is 5.32 Å². The summed E-state index contributed by atoms with van der Waals surface area (Å²) in [6, 6.07) is 0. The fourth-order valence-electron chi connectivity index (χ4n) is 1.26. The van der Waals surface area contributed by atoms with Gasteiger partial charge in [0.1, 0.15) is 23.6 Å². The number of nitrogens with zero attached hydrogens (tertiary/aromatic N) is 5. The largest absolute Gasteiger partial charge is 0.369 e. The molecule has 0 saturated heterocycles. The maximum absolute atomic E-state index is 5.85. The van der Waals surface area contributed by atoms with E-state index in [1.165, 1.54) is 6.33 Å². The van der Waals surface area contributed by atoms with Gasteiger partial charge >= 0.3 is 0 Å². The lowest BCUT2D eigenvalue weighted by Crippen LogP contribution is -2.08. The maximum Gasteiger partial charge on any atom is 0.152 e. The molecule has 0 unspecified atom stereocenters. The molecule has 0 fully saturated rings. The van der Waals surface area contributed by atoms with Crippen molar-refractivity contribution in [1.82, 2.24) is 24.7 Å². The van der Waals surface area contributed by atoms with Crippen molar-refractivity contribution < 1.29 is 0 Å². The van der Waals surface area contributed by atoms with Crippen LogP contribution >= 0.6 is 27.5 Å². The summed E-state index contributed by atoms with van der Waals surface area (Å²) in [4.78, 5) is 12.1. The fourth-order valence-corrected chi connectivity index (χ4v) is 1.74. The molecule has 0 aliphatic rings. The second kappa shape index (κ2) is 5.42. The number of aryl methyl sites for hydroxylation is 1. The Morgan fingerprint density at radius 2 is 2.24 bits per heavy atom. The Balaban J connectivity index is 1.92. The zero-order chi connectivity index (χ0) is 12.3. The summed E-state index contributed by atoms with van der Waals surface area (Å²) in [5.74, 6) is 1.46. The molecule has 0 aliphatic carbocycles. The van der Waals surface area contributed by atoms with Gasteiger partial charge in [-0.1, -0.05) is 11.6 Å². The normalized spacial score (nSPS) is 10.5. The molecule has 0 radical (unpaired) electrons. The minimum absolute atomic E-state index is 0.387. The molecule has 0 atom stereocenters. The van der Waals surface area contributed by atoms with Gasteiger partial charge in [-0.25, -0.2) is 15.0 Å². The van der Waals surface area contributed by atoms with Crippen molar-refractivity contribution in [3.63, 3.8) is 0 Å².